The van der Waals surface area contributed by atoms with Gasteiger partial charge < -0.3 is 9.84 Å². The molecule has 2 aliphatic rings. The highest BCUT2D eigenvalue weighted by atomic mass is 19.4. The van der Waals surface area contributed by atoms with Gasteiger partial charge in [-0.3, -0.25) is 9.69 Å². The largest absolute Gasteiger partial charge is 0.493 e. The number of hydrogen-bond acceptors (Lipinski definition) is 3. The molecule has 1 aliphatic carbocycles. The van der Waals surface area contributed by atoms with Crippen LogP contribution in [0.3, 0.4) is 0 Å². The minimum absolute atomic E-state index is 0.0194. The Bertz CT molecular complexity index is 1090. The van der Waals surface area contributed by atoms with Gasteiger partial charge in [-0.1, -0.05) is 19.1 Å². The highest BCUT2D eigenvalue weighted by Crippen LogP contribution is 2.47. The third-order valence-corrected chi connectivity index (χ3v) is 6.95. The molecular formula is C26H27F6NO3. The fraction of sp³-hybridized carbons (Fsp3) is 0.500. The summed E-state index contributed by atoms with van der Waals surface area (Å²) in [5.41, 5.74) is -1.66. The Labute approximate surface area is 204 Å². The van der Waals surface area contributed by atoms with Crippen molar-refractivity contribution in [2.75, 3.05) is 19.7 Å². The topological polar surface area (TPSA) is 49.8 Å². The van der Waals surface area contributed by atoms with Gasteiger partial charge in [0.05, 0.1) is 23.7 Å². The SMILES string of the molecule is C[C@H](C(=O)O)[C@H](c1cccc(OCC2CN(Cc3cc(C(F)(F)F)ccc3C(F)(F)F)C2)c1)C1CC1. The first-order valence-corrected chi connectivity index (χ1v) is 11.8. The lowest BCUT2D eigenvalue weighted by Crippen LogP contribution is -2.48. The molecule has 0 bridgehead atoms. The lowest BCUT2D eigenvalue weighted by molar-refractivity contribution is -0.142. The molecule has 0 unspecified atom stereocenters. The number of carboxylic acids is 1. The van der Waals surface area contributed by atoms with Gasteiger partial charge in [-0.05, 0) is 66.1 Å². The summed E-state index contributed by atoms with van der Waals surface area (Å²) in [5, 5.41) is 9.47. The van der Waals surface area contributed by atoms with Gasteiger partial charge in [0, 0.05) is 25.6 Å². The van der Waals surface area contributed by atoms with Crippen LogP contribution < -0.4 is 4.74 Å². The number of carbonyl (C=O) groups is 1. The molecule has 1 saturated carbocycles. The van der Waals surface area contributed by atoms with E-state index in [4.69, 9.17) is 4.74 Å². The highest BCUT2D eigenvalue weighted by molar-refractivity contribution is 5.71. The minimum atomic E-state index is -4.74. The van der Waals surface area contributed by atoms with Crippen LogP contribution in [0.4, 0.5) is 26.3 Å². The third-order valence-electron chi connectivity index (χ3n) is 6.95. The molecule has 2 atom stereocenters. The number of aliphatic carboxylic acids is 1. The summed E-state index contributed by atoms with van der Waals surface area (Å²) in [6, 6.07) is 8.85. The average Bonchev–Trinajstić information content (AvgIpc) is 3.59. The molecule has 196 valence electrons. The second-order valence-corrected chi connectivity index (χ2v) is 9.80. The lowest BCUT2D eigenvalue weighted by Gasteiger charge is -2.39. The Morgan fingerprint density at radius 3 is 2.33 bits per heavy atom. The Balaban J connectivity index is 1.35. The molecule has 0 spiro atoms. The second-order valence-electron chi connectivity index (χ2n) is 9.80. The molecule has 4 rings (SSSR count). The van der Waals surface area contributed by atoms with E-state index in [1.807, 2.05) is 18.2 Å². The monoisotopic (exact) mass is 515 g/mol. The molecule has 36 heavy (non-hydrogen) atoms. The van der Waals surface area contributed by atoms with E-state index in [-0.39, 0.29) is 18.4 Å². The molecule has 2 aromatic rings. The number of halogens is 6. The van der Waals surface area contributed by atoms with Crippen LogP contribution in [0.5, 0.6) is 5.75 Å². The fourth-order valence-electron chi connectivity index (χ4n) is 4.93. The van der Waals surface area contributed by atoms with E-state index in [9.17, 15) is 36.2 Å². The van der Waals surface area contributed by atoms with Gasteiger partial charge in [0.15, 0.2) is 0 Å². The van der Waals surface area contributed by atoms with Crippen LogP contribution in [-0.4, -0.2) is 35.7 Å². The molecular weight excluding hydrogens is 488 g/mol. The Hall–Kier alpha value is -2.75. The fourth-order valence-corrected chi connectivity index (χ4v) is 4.93. The summed E-state index contributed by atoms with van der Waals surface area (Å²) in [7, 11) is 0. The van der Waals surface area contributed by atoms with Gasteiger partial charge in [-0.15, -0.1) is 0 Å². The summed E-state index contributed by atoms with van der Waals surface area (Å²) >= 11 is 0. The number of nitrogens with zero attached hydrogens (tertiary/aromatic N) is 1. The number of likely N-dealkylation sites (tertiary alicyclic amines) is 1. The molecule has 10 heteroatoms. The second kappa shape index (κ2) is 9.95. The van der Waals surface area contributed by atoms with E-state index in [1.54, 1.807) is 17.9 Å². The van der Waals surface area contributed by atoms with Crippen molar-refractivity contribution < 1.29 is 41.0 Å². The minimum Gasteiger partial charge on any atom is -0.493 e. The van der Waals surface area contributed by atoms with Gasteiger partial charge in [0.1, 0.15) is 5.75 Å². The molecule has 2 aromatic carbocycles. The predicted octanol–water partition coefficient (Wildman–Crippen LogP) is 6.45. The maximum absolute atomic E-state index is 13.3. The van der Waals surface area contributed by atoms with E-state index in [1.165, 1.54) is 0 Å². The van der Waals surface area contributed by atoms with Crippen LogP contribution in [0.1, 0.15) is 47.9 Å². The molecule has 2 fully saturated rings. The summed E-state index contributed by atoms with van der Waals surface area (Å²) in [5.74, 6) is -0.519. The summed E-state index contributed by atoms with van der Waals surface area (Å²) in [6.45, 7) is 2.57. The first-order chi connectivity index (χ1) is 16.8. The Morgan fingerprint density at radius 1 is 1.06 bits per heavy atom. The normalized spacial score (nSPS) is 19.0. The van der Waals surface area contributed by atoms with Crippen molar-refractivity contribution in [3.05, 3.63) is 64.7 Å². The molecule has 1 heterocycles. The highest BCUT2D eigenvalue weighted by Gasteiger charge is 2.40. The van der Waals surface area contributed by atoms with Crippen LogP contribution in [0.25, 0.3) is 0 Å². The van der Waals surface area contributed by atoms with E-state index in [2.05, 4.69) is 0 Å². The van der Waals surface area contributed by atoms with Crippen molar-refractivity contribution in [2.45, 2.75) is 44.6 Å². The molecule has 1 N–H and O–H groups in total. The predicted molar refractivity (Wildman–Crippen MR) is 119 cm³/mol. The smallest absolute Gasteiger partial charge is 0.416 e. The molecule has 4 nitrogen and oxygen atoms in total. The number of alkyl halides is 6. The van der Waals surface area contributed by atoms with E-state index in [0.29, 0.717) is 49.6 Å². The van der Waals surface area contributed by atoms with Crippen LogP contribution >= 0.6 is 0 Å². The van der Waals surface area contributed by atoms with Gasteiger partial charge >= 0.3 is 18.3 Å². The van der Waals surface area contributed by atoms with Gasteiger partial charge in [0.2, 0.25) is 0 Å². The van der Waals surface area contributed by atoms with Gasteiger partial charge in [0.25, 0.3) is 0 Å². The number of benzene rings is 2. The maximum atomic E-state index is 13.3. The van der Waals surface area contributed by atoms with Gasteiger partial charge in [-0.25, -0.2) is 0 Å². The molecule has 0 aromatic heterocycles. The van der Waals surface area contributed by atoms with Crippen molar-refractivity contribution in [3.63, 3.8) is 0 Å². The standard InChI is InChI=1S/C26H27F6NO3/c1-15(24(34)35)23(17-5-6-17)18-3-2-4-21(10-18)36-14-16-11-33(12-16)13-19-9-20(25(27,28)29)7-8-22(19)26(30,31)32/h2-4,7-10,15-17,23H,5-6,11-14H2,1H3,(H,34,35)/t15-,23-/m0/s1. The van der Waals surface area contributed by atoms with Crippen molar-refractivity contribution in [3.8, 4) is 5.75 Å². The molecule has 1 aliphatic heterocycles. The molecule has 0 radical (unpaired) electrons. The lowest BCUT2D eigenvalue weighted by atomic mass is 9.83. The number of ether oxygens (including phenoxy) is 1. The van der Waals surface area contributed by atoms with Crippen molar-refractivity contribution in [1.82, 2.24) is 4.90 Å². The first-order valence-electron chi connectivity index (χ1n) is 11.8. The Kier molecular flexibility index (Phi) is 7.28. The summed E-state index contributed by atoms with van der Waals surface area (Å²) < 4.78 is 84.9. The molecule has 0 amide bonds. The summed E-state index contributed by atoms with van der Waals surface area (Å²) in [6.07, 6.45) is -7.48. The van der Waals surface area contributed by atoms with E-state index in [0.717, 1.165) is 18.4 Å². The third kappa shape index (κ3) is 6.14. The van der Waals surface area contributed by atoms with Crippen LogP contribution in [0.2, 0.25) is 0 Å². The maximum Gasteiger partial charge on any atom is 0.416 e. The van der Waals surface area contributed by atoms with Crippen molar-refractivity contribution in [2.24, 2.45) is 17.8 Å². The zero-order valence-corrected chi connectivity index (χ0v) is 19.6. The zero-order chi connectivity index (χ0) is 26.3. The summed E-state index contributed by atoms with van der Waals surface area (Å²) in [4.78, 5) is 13.2. The van der Waals surface area contributed by atoms with E-state index >= 15 is 0 Å². The molecule has 1 saturated heterocycles. The Morgan fingerprint density at radius 2 is 1.75 bits per heavy atom. The number of rotatable bonds is 9. The zero-order valence-electron chi connectivity index (χ0n) is 19.6. The van der Waals surface area contributed by atoms with Gasteiger partial charge in [-0.2, -0.15) is 26.3 Å². The van der Waals surface area contributed by atoms with Crippen molar-refractivity contribution in [1.29, 1.82) is 0 Å². The van der Waals surface area contributed by atoms with E-state index < -0.39 is 40.9 Å². The van der Waals surface area contributed by atoms with Crippen LogP contribution in [0.15, 0.2) is 42.5 Å². The quantitative estimate of drug-likeness (QED) is 0.390. The first kappa shape index (κ1) is 26.3. The van der Waals surface area contributed by atoms with Crippen LogP contribution in [0, 0.1) is 17.8 Å². The average molecular weight is 515 g/mol. The van der Waals surface area contributed by atoms with Crippen molar-refractivity contribution >= 4 is 5.97 Å². The number of hydrogen-bond donors (Lipinski definition) is 1. The van der Waals surface area contributed by atoms with Crippen LogP contribution in [-0.2, 0) is 23.7 Å². The number of carboxylic acid groups (broad SMARTS) is 1.